The molecular weight excluding hydrogens is 191 g/mol. The average Bonchev–Trinajstić information content (AvgIpc) is 2.22. The lowest BCUT2D eigenvalue weighted by atomic mass is 9.99. The smallest absolute Gasteiger partial charge is 0.123 e. The van der Waals surface area contributed by atoms with Gasteiger partial charge < -0.3 is 0 Å². The first-order valence-corrected chi connectivity index (χ1v) is 5.38. The van der Waals surface area contributed by atoms with Crippen molar-refractivity contribution in [1.29, 1.82) is 0 Å². The van der Waals surface area contributed by atoms with Gasteiger partial charge in [0.2, 0.25) is 0 Å². The van der Waals surface area contributed by atoms with Crippen LogP contribution in [0.15, 0.2) is 18.2 Å². The summed E-state index contributed by atoms with van der Waals surface area (Å²) in [4.78, 5) is 0. The van der Waals surface area contributed by atoms with Crippen LogP contribution >= 0.6 is 0 Å². The molecule has 1 atom stereocenters. The number of halogens is 1. The largest absolute Gasteiger partial charge is 0.271 e. The lowest BCUT2D eigenvalue weighted by Gasteiger charge is -2.16. The molecule has 0 heterocycles. The lowest BCUT2D eigenvalue weighted by molar-refractivity contribution is 0.484. The normalized spacial score (nSPS) is 12.8. The van der Waals surface area contributed by atoms with Crippen LogP contribution in [-0.4, -0.2) is 6.04 Å². The highest BCUT2D eigenvalue weighted by atomic mass is 19.1. The minimum atomic E-state index is -0.178. The van der Waals surface area contributed by atoms with E-state index in [9.17, 15) is 4.39 Å². The van der Waals surface area contributed by atoms with Gasteiger partial charge in [-0.1, -0.05) is 19.4 Å². The molecule has 0 fully saturated rings. The fourth-order valence-corrected chi connectivity index (χ4v) is 1.72. The highest BCUT2D eigenvalue weighted by Gasteiger charge is 2.08. The van der Waals surface area contributed by atoms with E-state index in [0.717, 1.165) is 30.4 Å². The summed E-state index contributed by atoms with van der Waals surface area (Å²) in [5.74, 6) is 5.27. The number of benzene rings is 1. The van der Waals surface area contributed by atoms with Crippen LogP contribution in [0.5, 0.6) is 0 Å². The van der Waals surface area contributed by atoms with E-state index in [1.54, 1.807) is 6.07 Å². The number of hydrogen-bond acceptors (Lipinski definition) is 2. The van der Waals surface area contributed by atoms with Crippen molar-refractivity contribution in [3.05, 3.63) is 35.1 Å². The van der Waals surface area contributed by atoms with Gasteiger partial charge in [0, 0.05) is 6.04 Å². The van der Waals surface area contributed by atoms with E-state index in [2.05, 4.69) is 12.3 Å². The van der Waals surface area contributed by atoms with Gasteiger partial charge in [0.25, 0.3) is 0 Å². The Morgan fingerprint density at radius 1 is 1.47 bits per heavy atom. The molecule has 84 valence electrons. The van der Waals surface area contributed by atoms with Crippen molar-refractivity contribution < 1.29 is 4.39 Å². The maximum absolute atomic E-state index is 13.0. The second-order valence-corrected chi connectivity index (χ2v) is 3.93. The van der Waals surface area contributed by atoms with E-state index < -0.39 is 0 Å². The predicted molar refractivity (Wildman–Crippen MR) is 60.9 cm³/mol. The van der Waals surface area contributed by atoms with Crippen LogP contribution < -0.4 is 11.3 Å². The second-order valence-electron chi connectivity index (χ2n) is 3.93. The highest BCUT2D eigenvalue weighted by molar-refractivity contribution is 5.27. The number of nitrogens with two attached hydrogens (primary N) is 1. The summed E-state index contributed by atoms with van der Waals surface area (Å²) in [6.07, 6.45) is 2.86. The molecule has 1 unspecified atom stereocenters. The highest BCUT2D eigenvalue weighted by Crippen LogP contribution is 2.14. The first-order chi connectivity index (χ1) is 7.17. The standard InChI is InChI=1S/C12H19FN2/c1-3-4-12(15-14)8-10-7-11(13)6-5-9(10)2/h5-7,12,15H,3-4,8,14H2,1-2H3. The van der Waals surface area contributed by atoms with Gasteiger partial charge in [0.1, 0.15) is 5.82 Å². The molecule has 0 saturated heterocycles. The van der Waals surface area contributed by atoms with Crippen LogP contribution in [-0.2, 0) is 6.42 Å². The zero-order valence-electron chi connectivity index (χ0n) is 9.39. The van der Waals surface area contributed by atoms with Crippen molar-refractivity contribution >= 4 is 0 Å². The van der Waals surface area contributed by atoms with Gasteiger partial charge in [0.15, 0.2) is 0 Å². The molecule has 15 heavy (non-hydrogen) atoms. The zero-order chi connectivity index (χ0) is 11.3. The van der Waals surface area contributed by atoms with Crippen LogP contribution in [0.2, 0.25) is 0 Å². The van der Waals surface area contributed by atoms with Gasteiger partial charge in [-0.2, -0.15) is 0 Å². The molecule has 0 aromatic heterocycles. The molecule has 0 spiro atoms. The molecule has 1 rings (SSSR count). The molecule has 1 aromatic carbocycles. The summed E-state index contributed by atoms with van der Waals surface area (Å²) < 4.78 is 13.0. The average molecular weight is 210 g/mol. The lowest BCUT2D eigenvalue weighted by Crippen LogP contribution is -2.36. The van der Waals surface area contributed by atoms with E-state index in [1.807, 2.05) is 13.0 Å². The quantitative estimate of drug-likeness (QED) is 0.578. The van der Waals surface area contributed by atoms with E-state index in [0.29, 0.717) is 0 Å². The van der Waals surface area contributed by atoms with Crippen molar-refractivity contribution in [3.8, 4) is 0 Å². The molecular formula is C12H19FN2. The summed E-state index contributed by atoms with van der Waals surface area (Å²) in [5.41, 5.74) is 4.93. The molecule has 3 N–H and O–H groups in total. The Bertz CT molecular complexity index is 312. The number of nitrogens with one attached hydrogen (secondary N) is 1. The maximum Gasteiger partial charge on any atom is 0.123 e. The van der Waals surface area contributed by atoms with Crippen molar-refractivity contribution in [1.82, 2.24) is 5.43 Å². The van der Waals surface area contributed by atoms with Crippen LogP contribution in [0.25, 0.3) is 0 Å². The van der Waals surface area contributed by atoms with Gasteiger partial charge in [0.05, 0.1) is 0 Å². The van der Waals surface area contributed by atoms with Crippen molar-refractivity contribution in [3.63, 3.8) is 0 Å². The van der Waals surface area contributed by atoms with Gasteiger partial charge >= 0.3 is 0 Å². The van der Waals surface area contributed by atoms with Crippen molar-refractivity contribution in [2.45, 2.75) is 39.2 Å². The van der Waals surface area contributed by atoms with Crippen molar-refractivity contribution in [2.24, 2.45) is 5.84 Å². The molecule has 0 bridgehead atoms. The summed E-state index contributed by atoms with van der Waals surface area (Å²) in [6.45, 7) is 4.11. The second kappa shape index (κ2) is 5.83. The van der Waals surface area contributed by atoms with Crippen LogP contribution in [0.4, 0.5) is 4.39 Å². The molecule has 0 aliphatic rings. The molecule has 0 saturated carbocycles. The third-order valence-electron chi connectivity index (χ3n) is 2.65. The zero-order valence-corrected chi connectivity index (χ0v) is 9.39. The number of rotatable bonds is 5. The molecule has 2 nitrogen and oxygen atoms in total. The SMILES string of the molecule is CCCC(Cc1cc(F)ccc1C)NN. The molecule has 3 heteroatoms. The van der Waals surface area contributed by atoms with Crippen LogP contribution in [0.3, 0.4) is 0 Å². The summed E-state index contributed by atoms with van der Waals surface area (Å²) in [5, 5.41) is 0. The van der Waals surface area contributed by atoms with Gasteiger partial charge in [-0.3, -0.25) is 11.3 Å². The van der Waals surface area contributed by atoms with Gasteiger partial charge in [-0.15, -0.1) is 0 Å². The maximum atomic E-state index is 13.0. The topological polar surface area (TPSA) is 38.0 Å². The Morgan fingerprint density at radius 2 is 2.20 bits per heavy atom. The molecule has 1 aromatic rings. The fraction of sp³-hybridized carbons (Fsp3) is 0.500. The third kappa shape index (κ3) is 3.61. The van der Waals surface area contributed by atoms with E-state index in [-0.39, 0.29) is 11.9 Å². The Balaban J connectivity index is 2.73. The Morgan fingerprint density at radius 3 is 2.80 bits per heavy atom. The molecule has 0 aliphatic carbocycles. The minimum absolute atomic E-state index is 0.178. The third-order valence-corrected chi connectivity index (χ3v) is 2.65. The van der Waals surface area contributed by atoms with E-state index in [4.69, 9.17) is 5.84 Å². The minimum Gasteiger partial charge on any atom is -0.271 e. The predicted octanol–water partition coefficient (Wildman–Crippen LogP) is 2.31. The fourth-order valence-electron chi connectivity index (χ4n) is 1.72. The Kier molecular flexibility index (Phi) is 4.72. The first-order valence-electron chi connectivity index (χ1n) is 5.38. The monoisotopic (exact) mass is 210 g/mol. The van der Waals surface area contributed by atoms with Gasteiger partial charge in [-0.25, -0.2) is 4.39 Å². The summed E-state index contributed by atoms with van der Waals surface area (Å²) >= 11 is 0. The number of aryl methyl sites for hydroxylation is 1. The summed E-state index contributed by atoms with van der Waals surface area (Å²) in [7, 11) is 0. The molecule has 0 amide bonds. The Hall–Kier alpha value is -0.930. The molecule has 0 aliphatic heterocycles. The van der Waals surface area contributed by atoms with Gasteiger partial charge in [-0.05, 0) is 43.0 Å². The van der Waals surface area contributed by atoms with Crippen LogP contribution in [0.1, 0.15) is 30.9 Å². The van der Waals surface area contributed by atoms with Crippen molar-refractivity contribution in [2.75, 3.05) is 0 Å². The van der Waals surface area contributed by atoms with E-state index in [1.165, 1.54) is 6.07 Å². The Labute approximate surface area is 90.6 Å². The van der Waals surface area contributed by atoms with Crippen LogP contribution in [0, 0.1) is 12.7 Å². The summed E-state index contributed by atoms with van der Waals surface area (Å²) in [6, 6.07) is 5.12. The number of hydrogen-bond donors (Lipinski definition) is 2. The molecule has 0 radical (unpaired) electrons. The number of hydrazine groups is 1. The van der Waals surface area contributed by atoms with E-state index >= 15 is 0 Å². The first kappa shape index (κ1) is 12.1.